The van der Waals surface area contributed by atoms with E-state index in [9.17, 15) is 14.8 Å². The van der Waals surface area contributed by atoms with Crippen molar-refractivity contribution >= 4 is 17.4 Å². The van der Waals surface area contributed by atoms with Crippen molar-refractivity contribution in [2.75, 3.05) is 6.54 Å². The van der Waals surface area contributed by atoms with Gasteiger partial charge in [0.05, 0.1) is 6.54 Å². The largest absolute Gasteiger partial charge is 0.508 e. The summed E-state index contributed by atoms with van der Waals surface area (Å²) in [6, 6.07) is 14.3. The quantitative estimate of drug-likeness (QED) is 0.273. The van der Waals surface area contributed by atoms with E-state index in [2.05, 4.69) is 18.3 Å². The minimum Gasteiger partial charge on any atom is -0.508 e. The number of benzene rings is 2. The van der Waals surface area contributed by atoms with Crippen LogP contribution in [0.25, 0.3) is 11.5 Å². The highest BCUT2D eigenvalue weighted by molar-refractivity contribution is 5.76. The van der Waals surface area contributed by atoms with Gasteiger partial charge in [0.1, 0.15) is 11.5 Å². The number of nitrogens with zero attached hydrogens (tertiary/aromatic N) is 2. The Morgan fingerprint density at radius 2 is 1.59 bits per heavy atom. The lowest BCUT2D eigenvalue weighted by Crippen LogP contribution is -2.35. The van der Waals surface area contributed by atoms with Crippen LogP contribution in [0, 0.1) is 4.91 Å². The summed E-state index contributed by atoms with van der Waals surface area (Å²) in [5, 5.41) is 21.3. The van der Waals surface area contributed by atoms with Gasteiger partial charge >= 0.3 is 0 Å². The maximum absolute atomic E-state index is 11.7. The Morgan fingerprint density at radius 3 is 2.11 bits per heavy atom. The fraction of sp³-hybridized carbons (Fsp3) is 0.150. The summed E-state index contributed by atoms with van der Waals surface area (Å²) >= 11 is 0. The molecule has 0 saturated carbocycles. The fourth-order valence-corrected chi connectivity index (χ4v) is 2.67. The second kappa shape index (κ2) is 9.42. The van der Waals surface area contributed by atoms with E-state index >= 15 is 0 Å². The molecular weight excluding hydrogens is 346 g/mol. The molecule has 2 rings (SSSR count). The van der Waals surface area contributed by atoms with Gasteiger partial charge in [0.15, 0.2) is 0 Å². The summed E-state index contributed by atoms with van der Waals surface area (Å²) in [6.07, 6.45) is 0. The van der Waals surface area contributed by atoms with Crippen molar-refractivity contribution in [3.05, 3.63) is 88.8 Å². The molecule has 0 aliphatic carbocycles. The topological polar surface area (TPSA) is 102 Å². The van der Waals surface area contributed by atoms with E-state index in [-0.39, 0.29) is 18.0 Å². The van der Waals surface area contributed by atoms with Gasteiger partial charge in [0.25, 0.3) is 5.91 Å². The number of carbonyl (C=O) groups excluding carboxylic acids is 1. The molecule has 0 heterocycles. The first-order valence-corrected chi connectivity index (χ1v) is 8.17. The predicted molar refractivity (Wildman–Crippen MR) is 103 cm³/mol. The molecule has 27 heavy (non-hydrogen) atoms. The van der Waals surface area contributed by atoms with Gasteiger partial charge in [-0.1, -0.05) is 49.6 Å². The van der Waals surface area contributed by atoms with E-state index in [1.807, 2.05) is 12.1 Å². The molecule has 0 fully saturated rings. The number of carbonyl (C=O) groups is 1. The number of amides is 1. The summed E-state index contributed by atoms with van der Waals surface area (Å²) in [6.45, 7) is 7.85. The molecule has 7 heteroatoms. The van der Waals surface area contributed by atoms with Crippen LogP contribution in [0.3, 0.4) is 0 Å². The number of nitrogens with one attached hydrogen (secondary N) is 1. The number of aliphatic hydroxyl groups excluding tert-OH is 1. The van der Waals surface area contributed by atoms with E-state index in [0.717, 1.165) is 11.1 Å². The first-order valence-electron chi connectivity index (χ1n) is 8.17. The standard InChI is InChI=1S/C20H21N3O4/c1-14(21-26)18-7-3-5-16(9-18)11-23(13-20(25)22-27)12-17-6-4-8-19(10-17)15(2)24/h3-10,24,27H,1-2,11-13H2,(H,22,25). The van der Waals surface area contributed by atoms with Crippen molar-refractivity contribution in [1.82, 2.24) is 10.4 Å². The summed E-state index contributed by atoms with van der Waals surface area (Å²) in [7, 11) is 0. The van der Waals surface area contributed by atoms with Gasteiger partial charge in [-0.3, -0.25) is 14.9 Å². The molecule has 3 N–H and O–H groups in total. The third-order valence-electron chi connectivity index (χ3n) is 3.93. The summed E-state index contributed by atoms with van der Waals surface area (Å²) in [5.74, 6) is -0.586. The monoisotopic (exact) mass is 367 g/mol. The zero-order valence-electron chi connectivity index (χ0n) is 14.8. The number of hydrogen-bond donors (Lipinski definition) is 3. The van der Waals surface area contributed by atoms with Crippen LogP contribution in [0.15, 0.2) is 66.9 Å². The highest BCUT2D eigenvalue weighted by Gasteiger charge is 2.13. The van der Waals surface area contributed by atoms with Gasteiger partial charge in [-0.25, -0.2) is 5.48 Å². The first kappa shape index (κ1) is 20.0. The van der Waals surface area contributed by atoms with Crippen molar-refractivity contribution in [3.8, 4) is 0 Å². The Bertz CT molecular complexity index is 864. The highest BCUT2D eigenvalue weighted by atomic mass is 16.5. The third kappa shape index (κ3) is 5.88. The predicted octanol–water partition coefficient (Wildman–Crippen LogP) is 3.46. The molecule has 0 aliphatic rings. The molecule has 0 spiro atoms. The second-order valence-electron chi connectivity index (χ2n) is 6.07. The van der Waals surface area contributed by atoms with Gasteiger partial charge < -0.3 is 5.11 Å². The lowest BCUT2D eigenvalue weighted by atomic mass is 10.1. The molecule has 2 aromatic rings. The van der Waals surface area contributed by atoms with Gasteiger partial charge in [0, 0.05) is 24.2 Å². The maximum Gasteiger partial charge on any atom is 0.257 e. The van der Waals surface area contributed by atoms with Gasteiger partial charge in [-0.15, -0.1) is 4.91 Å². The lowest BCUT2D eigenvalue weighted by Gasteiger charge is -2.22. The number of aliphatic hydroxyl groups is 1. The van der Waals surface area contributed by atoms with Crippen LogP contribution in [0.5, 0.6) is 0 Å². The molecule has 0 atom stereocenters. The van der Waals surface area contributed by atoms with Gasteiger partial charge in [-0.2, -0.15) is 0 Å². The molecule has 0 aliphatic heterocycles. The Kier molecular flexibility index (Phi) is 6.99. The summed E-state index contributed by atoms with van der Waals surface area (Å²) in [4.78, 5) is 24.2. The minimum atomic E-state index is -0.548. The van der Waals surface area contributed by atoms with E-state index in [4.69, 9.17) is 5.21 Å². The van der Waals surface area contributed by atoms with Crippen molar-refractivity contribution in [1.29, 1.82) is 0 Å². The average molecular weight is 367 g/mol. The zero-order chi connectivity index (χ0) is 19.8. The maximum atomic E-state index is 11.7. The zero-order valence-corrected chi connectivity index (χ0v) is 14.8. The Balaban J connectivity index is 2.23. The normalized spacial score (nSPS) is 10.4. The number of hydrogen-bond acceptors (Lipinski definition) is 6. The number of hydroxylamine groups is 1. The summed E-state index contributed by atoms with van der Waals surface area (Å²) in [5.41, 5.74) is 4.67. The minimum absolute atomic E-state index is 0.0379. The van der Waals surface area contributed by atoms with Crippen LogP contribution in [0.1, 0.15) is 22.3 Å². The molecule has 1 amide bonds. The number of rotatable bonds is 9. The molecule has 2 aromatic carbocycles. The van der Waals surface area contributed by atoms with Crippen LogP contribution in [0.4, 0.5) is 0 Å². The second-order valence-corrected chi connectivity index (χ2v) is 6.07. The third-order valence-corrected chi connectivity index (χ3v) is 3.93. The lowest BCUT2D eigenvalue weighted by molar-refractivity contribution is -0.130. The van der Waals surface area contributed by atoms with E-state index < -0.39 is 5.91 Å². The van der Waals surface area contributed by atoms with E-state index in [1.165, 1.54) is 0 Å². The molecule has 0 aromatic heterocycles. The molecule has 0 saturated heterocycles. The van der Waals surface area contributed by atoms with Gasteiger partial charge in [-0.05, 0) is 28.4 Å². The first-order chi connectivity index (χ1) is 12.9. The fourth-order valence-electron chi connectivity index (χ4n) is 2.67. The van der Waals surface area contributed by atoms with Crippen LogP contribution in [-0.2, 0) is 17.9 Å². The molecule has 0 bridgehead atoms. The molecule has 140 valence electrons. The average Bonchev–Trinajstić information content (AvgIpc) is 2.67. The van der Waals surface area contributed by atoms with Crippen molar-refractivity contribution in [2.45, 2.75) is 13.1 Å². The van der Waals surface area contributed by atoms with Crippen LogP contribution < -0.4 is 5.48 Å². The molecule has 0 radical (unpaired) electrons. The van der Waals surface area contributed by atoms with Crippen LogP contribution in [0.2, 0.25) is 0 Å². The van der Waals surface area contributed by atoms with E-state index in [0.29, 0.717) is 24.2 Å². The molecule has 7 nitrogen and oxygen atoms in total. The van der Waals surface area contributed by atoms with Crippen molar-refractivity contribution in [3.63, 3.8) is 0 Å². The Morgan fingerprint density at radius 1 is 1.04 bits per heavy atom. The van der Waals surface area contributed by atoms with Crippen molar-refractivity contribution < 1.29 is 15.1 Å². The SMILES string of the molecule is C=C(O)c1cccc(CN(CC(=O)NO)Cc2cccc(C(=C)N=O)c2)c1. The Labute approximate surface area is 157 Å². The van der Waals surface area contributed by atoms with Crippen LogP contribution in [-0.4, -0.2) is 27.7 Å². The highest BCUT2D eigenvalue weighted by Crippen LogP contribution is 2.18. The Hall–Kier alpha value is -3.29. The molecule has 0 unspecified atom stereocenters. The van der Waals surface area contributed by atoms with Crippen molar-refractivity contribution in [2.24, 2.45) is 5.18 Å². The molecular formula is C20H21N3O4. The van der Waals surface area contributed by atoms with Gasteiger partial charge in [0.2, 0.25) is 0 Å². The van der Waals surface area contributed by atoms with E-state index in [1.54, 1.807) is 46.8 Å². The number of nitroso groups, excluding NO2 is 1. The van der Waals surface area contributed by atoms with Crippen LogP contribution >= 0.6 is 0 Å². The smallest absolute Gasteiger partial charge is 0.257 e. The summed E-state index contributed by atoms with van der Waals surface area (Å²) < 4.78 is 0.